The zero-order valence-corrected chi connectivity index (χ0v) is 14.2. The van der Waals surface area contributed by atoms with E-state index in [0.717, 1.165) is 12.8 Å². The molecule has 116 valence electrons. The Kier molecular flexibility index (Phi) is 6.48. The second kappa shape index (κ2) is 7.43. The van der Waals surface area contributed by atoms with E-state index in [2.05, 4.69) is 18.9 Å². The van der Waals surface area contributed by atoms with Crippen molar-refractivity contribution < 1.29 is 8.42 Å². The third-order valence-electron chi connectivity index (χ3n) is 3.24. The summed E-state index contributed by atoms with van der Waals surface area (Å²) in [4.78, 5) is 0.241. The van der Waals surface area contributed by atoms with Crippen LogP contribution in [0.2, 0.25) is 0 Å². The van der Waals surface area contributed by atoms with Gasteiger partial charge in [0.2, 0.25) is 10.0 Å². The summed E-state index contributed by atoms with van der Waals surface area (Å²) in [5, 5.41) is 4.07. The van der Waals surface area contributed by atoms with Gasteiger partial charge in [-0.3, -0.25) is 4.68 Å². The van der Waals surface area contributed by atoms with Gasteiger partial charge in [-0.25, -0.2) is 8.42 Å². The van der Waals surface area contributed by atoms with Crippen LogP contribution in [0.3, 0.4) is 0 Å². The van der Waals surface area contributed by atoms with Crippen molar-refractivity contribution in [2.45, 2.75) is 51.1 Å². The molecule has 1 aromatic rings. The van der Waals surface area contributed by atoms with Crippen LogP contribution in [-0.2, 0) is 16.6 Å². The van der Waals surface area contributed by atoms with Crippen molar-refractivity contribution in [1.82, 2.24) is 14.1 Å². The minimum absolute atomic E-state index is 0.0359. The smallest absolute Gasteiger partial charge is 0.246 e. The molecule has 1 atom stereocenters. The zero-order chi connectivity index (χ0) is 15.3. The molecule has 0 spiro atoms. The topological polar surface area (TPSA) is 55.2 Å². The number of alkyl halides is 1. The summed E-state index contributed by atoms with van der Waals surface area (Å²) < 4.78 is 28.0. The minimum atomic E-state index is -3.47. The molecule has 0 aliphatic carbocycles. The first-order valence-electron chi connectivity index (χ1n) is 6.85. The van der Waals surface area contributed by atoms with Crippen LogP contribution in [0.15, 0.2) is 17.3 Å². The number of sulfonamides is 1. The molecule has 0 saturated heterocycles. The average Bonchev–Trinajstić information content (AvgIpc) is 2.83. The highest BCUT2D eigenvalue weighted by Crippen LogP contribution is 2.19. The molecular weight excluding hydrogens is 298 g/mol. The molecule has 0 N–H and O–H groups in total. The molecule has 0 radical (unpaired) electrons. The molecule has 1 rings (SSSR count). The number of hydrogen-bond acceptors (Lipinski definition) is 3. The Hall–Kier alpha value is -0.590. The molecule has 5 nitrogen and oxygen atoms in total. The van der Waals surface area contributed by atoms with Crippen LogP contribution < -0.4 is 0 Å². The van der Waals surface area contributed by atoms with Crippen LogP contribution in [0.4, 0.5) is 0 Å². The molecule has 0 bridgehead atoms. The Morgan fingerprint density at radius 3 is 2.60 bits per heavy atom. The van der Waals surface area contributed by atoms with Crippen LogP contribution in [0.5, 0.6) is 0 Å². The Bertz CT molecular complexity index is 513. The summed E-state index contributed by atoms with van der Waals surface area (Å²) in [5.41, 5.74) is 0. The summed E-state index contributed by atoms with van der Waals surface area (Å²) >= 11 is 5.62. The van der Waals surface area contributed by atoms with E-state index in [-0.39, 0.29) is 10.9 Å². The van der Waals surface area contributed by atoms with Gasteiger partial charge in [-0.15, -0.1) is 11.6 Å². The number of nitrogens with zero attached hydrogens (tertiary/aromatic N) is 3. The van der Waals surface area contributed by atoms with E-state index in [1.54, 1.807) is 17.9 Å². The summed E-state index contributed by atoms with van der Waals surface area (Å²) in [6.45, 7) is 6.72. The van der Waals surface area contributed by atoms with Crippen molar-refractivity contribution in [3.63, 3.8) is 0 Å². The number of aryl methyl sites for hydroxylation is 1. The van der Waals surface area contributed by atoms with Gasteiger partial charge < -0.3 is 0 Å². The average molecular weight is 322 g/mol. The zero-order valence-electron chi connectivity index (χ0n) is 12.6. The van der Waals surface area contributed by atoms with Crippen LogP contribution in [0.25, 0.3) is 0 Å². The maximum atomic E-state index is 12.5. The number of aromatic nitrogens is 2. The summed E-state index contributed by atoms with van der Waals surface area (Å²) in [6.07, 6.45) is 4.57. The lowest BCUT2D eigenvalue weighted by Gasteiger charge is -2.24. The van der Waals surface area contributed by atoms with E-state index in [1.807, 2.05) is 6.92 Å². The molecule has 0 aliphatic heterocycles. The van der Waals surface area contributed by atoms with Gasteiger partial charge in [0.25, 0.3) is 0 Å². The fraction of sp³-hybridized carbons (Fsp3) is 0.769. The number of hydrogen-bond donors (Lipinski definition) is 0. The summed E-state index contributed by atoms with van der Waals surface area (Å²) in [7, 11) is -1.85. The van der Waals surface area contributed by atoms with Gasteiger partial charge in [0, 0.05) is 31.7 Å². The van der Waals surface area contributed by atoms with Crippen LogP contribution >= 0.6 is 11.6 Å². The molecule has 0 amide bonds. The van der Waals surface area contributed by atoms with E-state index in [4.69, 9.17) is 11.6 Å². The van der Waals surface area contributed by atoms with Gasteiger partial charge >= 0.3 is 0 Å². The monoisotopic (exact) mass is 321 g/mol. The molecule has 7 heteroatoms. The van der Waals surface area contributed by atoms with E-state index in [1.165, 1.54) is 10.5 Å². The molecule has 0 fully saturated rings. The molecule has 0 saturated carbocycles. The molecule has 1 aromatic heterocycles. The van der Waals surface area contributed by atoms with Gasteiger partial charge in [-0.05, 0) is 25.7 Å². The Balaban J connectivity index is 2.84. The lowest BCUT2D eigenvalue weighted by atomic mass is 10.1. The van der Waals surface area contributed by atoms with Crippen molar-refractivity contribution in [3.8, 4) is 0 Å². The third-order valence-corrected chi connectivity index (χ3v) is 5.43. The quantitative estimate of drug-likeness (QED) is 0.691. The van der Waals surface area contributed by atoms with Crippen molar-refractivity contribution >= 4 is 21.6 Å². The molecule has 20 heavy (non-hydrogen) atoms. The van der Waals surface area contributed by atoms with Crippen molar-refractivity contribution in [2.75, 3.05) is 12.9 Å². The molecule has 0 aliphatic rings. The summed E-state index contributed by atoms with van der Waals surface area (Å²) in [6, 6.07) is -0.0359. The normalized spacial score (nSPS) is 14.2. The fourth-order valence-electron chi connectivity index (χ4n) is 2.06. The molecular formula is C13H24ClN3O2S. The predicted molar refractivity (Wildman–Crippen MR) is 81.4 cm³/mol. The maximum absolute atomic E-state index is 12.5. The van der Waals surface area contributed by atoms with Crippen molar-refractivity contribution in [2.24, 2.45) is 5.92 Å². The largest absolute Gasteiger partial charge is 0.271 e. The van der Waals surface area contributed by atoms with Gasteiger partial charge in [0.05, 0.1) is 6.20 Å². The van der Waals surface area contributed by atoms with Gasteiger partial charge in [0.1, 0.15) is 4.90 Å². The molecule has 0 aromatic carbocycles. The van der Waals surface area contributed by atoms with Crippen LogP contribution in [0, 0.1) is 5.92 Å². The first-order valence-corrected chi connectivity index (χ1v) is 8.83. The van der Waals surface area contributed by atoms with E-state index in [0.29, 0.717) is 18.3 Å². The lowest BCUT2D eigenvalue weighted by Crippen LogP contribution is -2.35. The highest BCUT2D eigenvalue weighted by atomic mass is 35.5. The van der Waals surface area contributed by atoms with Crippen LogP contribution in [-0.4, -0.2) is 41.5 Å². The van der Waals surface area contributed by atoms with Crippen LogP contribution in [0.1, 0.15) is 33.6 Å². The first kappa shape index (κ1) is 17.5. The SMILES string of the molecule is CC(C)CC(C)N(C)S(=O)(=O)c1cnn(CCCCl)c1. The van der Waals surface area contributed by atoms with E-state index < -0.39 is 10.0 Å². The fourth-order valence-corrected chi connectivity index (χ4v) is 3.50. The maximum Gasteiger partial charge on any atom is 0.246 e. The highest BCUT2D eigenvalue weighted by molar-refractivity contribution is 7.89. The Morgan fingerprint density at radius 1 is 1.40 bits per heavy atom. The first-order chi connectivity index (χ1) is 9.28. The van der Waals surface area contributed by atoms with Gasteiger partial charge in [-0.2, -0.15) is 9.40 Å². The number of halogens is 1. The number of rotatable bonds is 8. The van der Waals surface area contributed by atoms with Crippen molar-refractivity contribution in [3.05, 3.63) is 12.4 Å². The van der Waals surface area contributed by atoms with E-state index in [9.17, 15) is 8.42 Å². The third kappa shape index (κ3) is 4.46. The summed E-state index contributed by atoms with van der Waals surface area (Å²) in [5.74, 6) is 0.988. The van der Waals surface area contributed by atoms with Gasteiger partial charge in [0.15, 0.2) is 0 Å². The Labute approximate surface area is 127 Å². The van der Waals surface area contributed by atoms with E-state index >= 15 is 0 Å². The standard InChI is InChI=1S/C13H24ClN3O2S/c1-11(2)8-12(3)16(4)20(18,19)13-9-15-17(10-13)7-5-6-14/h9-12H,5-8H2,1-4H3. The minimum Gasteiger partial charge on any atom is -0.271 e. The molecule has 1 heterocycles. The second-order valence-electron chi connectivity index (χ2n) is 5.48. The highest BCUT2D eigenvalue weighted by Gasteiger charge is 2.27. The van der Waals surface area contributed by atoms with Crippen molar-refractivity contribution in [1.29, 1.82) is 0 Å². The van der Waals surface area contributed by atoms with Gasteiger partial charge in [-0.1, -0.05) is 13.8 Å². The predicted octanol–water partition coefficient (Wildman–Crippen LogP) is 2.57. The lowest BCUT2D eigenvalue weighted by molar-refractivity contribution is 0.338. The molecule has 1 unspecified atom stereocenters. The Morgan fingerprint density at radius 2 is 2.05 bits per heavy atom. The second-order valence-corrected chi connectivity index (χ2v) is 7.86.